The van der Waals surface area contributed by atoms with Crippen molar-refractivity contribution in [2.75, 3.05) is 0 Å². The Morgan fingerprint density at radius 1 is 1.07 bits per heavy atom. The third-order valence-electron chi connectivity index (χ3n) is 8.25. The summed E-state index contributed by atoms with van der Waals surface area (Å²) < 4.78 is 0. The second-order valence-corrected chi connectivity index (χ2v) is 11.5. The number of carbonyl (C=O) groups is 2. The van der Waals surface area contributed by atoms with Crippen molar-refractivity contribution in [1.82, 2.24) is 4.90 Å². The maximum absolute atomic E-state index is 13.7. The van der Waals surface area contributed by atoms with Crippen molar-refractivity contribution in [2.24, 2.45) is 34.5 Å². The largest absolute Gasteiger partial charge is 0.277 e. The number of benzene rings is 1. The lowest BCUT2D eigenvalue weighted by Gasteiger charge is -2.48. The molecule has 4 heteroatoms. The first kappa shape index (κ1) is 21.1. The van der Waals surface area contributed by atoms with Gasteiger partial charge in [-0.1, -0.05) is 78.3 Å². The standard InChI is InChI=1S/C26H34N2O2/c1-16-12-13-18(25(5,6)17-10-8-7-9-11-17)19(14-16)28-22(29)20-21(24(2,3)4)26(20,15-27)23(28)30/h7-11,16,18-21H,12-14H2,1-6H3/t16-,18-,19-,20+,21+,26-/m1/s1. The zero-order valence-corrected chi connectivity index (χ0v) is 19.1. The molecule has 6 atom stereocenters. The molecular formula is C26H34N2O2. The molecule has 160 valence electrons. The summed E-state index contributed by atoms with van der Waals surface area (Å²) in [6.45, 7) is 12.8. The highest BCUT2D eigenvalue weighted by Gasteiger charge is 2.83. The van der Waals surface area contributed by atoms with Crippen LogP contribution < -0.4 is 0 Å². The van der Waals surface area contributed by atoms with E-state index in [1.807, 2.05) is 26.8 Å². The van der Waals surface area contributed by atoms with Crippen molar-refractivity contribution >= 4 is 11.8 Å². The van der Waals surface area contributed by atoms with Crippen LogP contribution in [0.3, 0.4) is 0 Å². The molecule has 4 nitrogen and oxygen atoms in total. The average molecular weight is 407 g/mol. The van der Waals surface area contributed by atoms with Gasteiger partial charge in [-0.2, -0.15) is 5.26 Å². The highest BCUT2D eigenvalue weighted by Crippen LogP contribution is 2.71. The van der Waals surface area contributed by atoms with Crippen LogP contribution in [0.25, 0.3) is 0 Å². The number of imide groups is 1. The molecule has 0 bridgehead atoms. The fraction of sp³-hybridized carbons (Fsp3) is 0.654. The number of carbonyl (C=O) groups excluding carboxylic acids is 2. The zero-order valence-electron chi connectivity index (χ0n) is 19.1. The molecule has 4 rings (SSSR count). The molecule has 1 aromatic rings. The summed E-state index contributed by atoms with van der Waals surface area (Å²) in [5.41, 5.74) is -0.304. The summed E-state index contributed by atoms with van der Waals surface area (Å²) >= 11 is 0. The fourth-order valence-corrected chi connectivity index (χ4v) is 6.68. The molecule has 3 fully saturated rings. The van der Waals surface area contributed by atoms with Crippen molar-refractivity contribution in [3.63, 3.8) is 0 Å². The monoisotopic (exact) mass is 406 g/mol. The van der Waals surface area contributed by atoms with E-state index in [1.165, 1.54) is 5.56 Å². The lowest BCUT2D eigenvalue weighted by Crippen LogP contribution is -2.54. The molecule has 1 heterocycles. The second kappa shape index (κ2) is 6.67. The summed E-state index contributed by atoms with van der Waals surface area (Å²) in [7, 11) is 0. The van der Waals surface area contributed by atoms with E-state index in [0.29, 0.717) is 5.92 Å². The van der Waals surface area contributed by atoms with Crippen LogP contribution in [0.1, 0.15) is 66.4 Å². The average Bonchev–Trinajstić information content (AvgIpc) is 3.34. The van der Waals surface area contributed by atoms with E-state index in [0.717, 1.165) is 19.3 Å². The minimum absolute atomic E-state index is 0.102. The van der Waals surface area contributed by atoms with Crippen LogP contribution in [-0.4, -0.2) is 22.8 Å². The second-order valence-electron chi connectivity index (χ2n) is 11.5. The van der Waals surface area contributed by atoms with Crippen LogP contribution in [-0.2, 0) is 15.0 Å². The molecule has 3 aliphatic rings. The molecule has 0 unspecified atom stereocenters. The Morgan fingerprint density at radius 2 is 1.70 bits per heavy atom. The van der Waals surface area contributed by atoms with Gasteiger partial charge >= 0.3 is 0 Å². The number of piperidine rings is 1. The van der Waals surface area contributed by atoms with Gasteiger partial charge in [0.05, 0.1) is 12.0 Å². The molecular weight excluding hydrogens is 372 g/mol. The predicted octanol–water partition coefficient (Wildman–Crippen LogP) is 4.94. The molecule has 1 aliphatic heterocycles. The lowest BCUT2D eigenvalue weighted by molar-refractivity contribution is -0.150. The van der Waals surface area contributed by atoms with E-state index in [2.05, 4.69) is 51.1 Å². The maximum Gasteiger partial charge on any atom is 0.251 e. The van der Waals surface area contributed by atoms with Crippen LogP contribution in [0.15, 0.2) is 30.3 Å². The molecule has 0 radical (unpaired) electrons. The van der Waals surface area contributed by atoms with Crippen LogP contribution in [0.2, 0.25) is 0 Å². The van der Waals surface area contributed by atoms with Gasteiger partial charge < -0.3 is 0 Å². The number of nitriles is 1. The maximum atomic E-state index is 13.7. The molecule has 2 aliphatic carbocycles. The Kier molecular flexibility index (Phi) is 4.69. The highest BCUT2D eigenvalue weighted by atomic mass is 16.2. The summed E-state index contributed by atoms with van der Waals surface area (Å²) in [6, 6.07) is 12.6. The molecule has 0 N–H and O–H groups in total. The first-order valence-electron chi connectivity index (χ1n) is 11.3. The van der Waals surface area contributed by atoms with Gasteiger partial charge in [0.2, 0.25) is 5.91 Å². The number of hydrogen-bond acceptors (Lipinski definition) is 3. The van der Waals surface area contributed by atoms with E-state index in [4.69, 9.17) is 0 Å². The Morgan fingerprint density at radius 3 is 2.23 bits per heavy atom. The van der Waals surface area contributed by atoms with Gasteiger partial charge in [-0.3, -0.25) is 14.5 Å². The Balaban J connectivity index is 1.71. The number of nitrogens with zero attached hydrogens (tertiary/aromatic N) is 2. The smallest absolute Gasteiger partial charge is 0.251 e. The Labute approximate surface area is 180 Å². The fourth-order valence-electron chi connectivity index (χ4n) is 6.68. The quantitative estimate of drug-likeness (QED) is 0.668. The van der Waals surface area contributed by atoms with E-state index < -0.39 is 11.3 Å². The van der Waals surface area contributed by atoms with Gasteiger partial charge in [0.15, 0.2) is 5.41 Å². The van der Waals surface area contributed by atoms with Crippen LogP contribution in [0.5, 0.6) is 0 Å². The molecule has 1 saturated heterocycles. The van der Waals surface area contributed by atoms with Gasteiger partial charge in [0, 0.05) is 12.0 Å². The molecule has 0 aromatic heterocycles. The number of likely N-dealkylation sites (tertiary alicyclic amines) is 1. The number of fused-ring (bicyclic) bond motifs is 1. The minimum Gasteiger partial charge on any atom is -0.277 e. The van der Waals surface area contributed by atoms with Gasteiger partial charge in [0.25, 0.3) is 5.91 Å². The van der Waals surface area contributed by atoms with Crippen molar-refractivity contribution in [1.29, 1.82) is 5.26 Å². The van der Waals surface area contributed by atoms with Crippen molar-refractivity contribution in [3.8, 4) is 6.07 Å². The zero-order chi connectivity index (χ0) is 22.1. The summed E-state index contributed by atoms with van der Waals surface area (Å²) in [4.78, 5) is 28.8. The van der Waals surface area contributed by atoms with E-state index >= 15 is 0 Å². The summed E-state index contributed by atoms with van der Waals surface area (Å²) in [6.07, 6.45) is 2.91. The lowest BCUT2D eigenvalue weighted by atomic mass is 9.63. The van der Waals surface area contributed by atoms with Crippen LogP contribution in [0, 0.1) is 45.8 Å². The van der Waals surface area contributed by atoms with Crippen LogP contribution in [0.4, 0.5) is 0 Å². The molecule has 2 amide bonds. The van der Waals surface area contributed by atoms with Gasteiger partial charge in [-0.25, -0.2) is 0 Å². The number of hydrogen-bond donors (Lipinski definition) is 0. The van der Waals surface area contributed by atoms with E-state index in [1.54, 1.807) is 4.90 Å². The normalized spacial score (nSPS) is 36.4. The highest BCUT2D eigenvalue weighted by molar-refractivity contribution is 6.14. The van der Waals surface area contributed by atoms with Crippen molar-refractivity contribution in [3.05, 3.63) is 35.9 Å². The summed E-state index contributed by atoms with van der Waals surface area (Å²) in [5.74, 6) is -0.319. The molecule has 2 saturated carbocycles. The van der Waals surface area contributed by atoms with Gasteiger partial charge in [0.1, 0.15) is 0 Å². The first-order chi connectivity index (χ1) is 14.0. The predicted molar refractivity (Wildman–Crippen MR) is 116 cm³/mol. The molecule has 1 aromatic carbocycles. The Hall–Kier alpha value is -2.15. The van der Waals surface area contributed by atoms with Crippen molar-refractivity contribution in [2.45, 2.75) is 72.3 Å². The third kappa shape index (κ3) is 2.77. The van der Waals surface area contributed by atoms with Crippen molar-refractivity contribution < 1.29 is 9.59 Å². The van der Waals surface area contributed by atoms with Gasteiger partial charge in [-0.15, -0.1) is 0 Å². The van der Waals surface area contributed by atoms with Crippen LogP contribution >= 0.6 is 0 Å². The molecule has 30 heavy (non-hydrogen) atoms. The number of rotatable bonds is 3. The minimum atomic E-state index is -1.14. The third-order valence-corrected chi connectivity index (χ3v) is 8.25. The van der Waals surface area contributed by atoms with E-state index in [9.17, 15) is 14.9 Å². The Bertz CT molecular complexity index is 907. The molecule has 0 spiro atoms. The van der Waals surface area contributed by atoms with E-state index in [-0.39, 0.29) is 40.5 Å². The van der Waals surface area contributed by atoms with Gasteiger partial charge in [-0.05, 0) is 41.1 Å². The SMILES string of the molecule is C[C@@H]1CC[C@@H](C(C)(C)c2ccccc2)[C@H](N2C(=O)[C@@H]3[C@@H](C(C)(C)C)[C@]3(C#N)C2=O)C1. The summed E-state index contributed by atoms with van der Waals surface area (Å²) in [5, 5.41) is 10.0. The number of amides is 2. The topological polar surface area (TPSA) is 61.2 Å². The first-order valence-corrected chi connectivity index (χ1v) is 11.3.